The second-order valence-corrected chi connectivity index (χ2v) is 6.62. The Kier molecular flexibility index (Phi) is 4.94. The summed E-state index contributed by atoms with van der Waals surface area (Å²) >= 11 is 0. The number of ether oxygens (including phenoxy) is 1. The van der Waals surface area contributed by atoms with Crippen LogP contribution >= 0.6 is 0 Å². The van der Waals surface area contributed by atoms with Crippen LogP contribution in [0.3, 0.4) is 0 Å². The first-order chi connectivity index (χ1) is 10.3. The lowest BCUT2D eigenvalue weighted by Crippen LogP contribution is -2.38. The molecule has 2 aliphatic rings. The van der Waals surface area contributed by atoms with Crippen molar-refractivity contribution in [3.8, 4) is 0 Å². The van der Waals surface area contributed by atoms with E-state index in [1.165, 1.54) is 30.4 Å². The highest BCUT2D eigenvalue weighted by Gasteiger charge is 2.29. The number of benzene rings is 1. The van der Waals surface area contributed by atoms with Gasteiger partial charge in [0.25, 0.3) is 0 Å². The zero-order chi connectivity index (χ0) is 14.5. The lowest BCUT2D eigenvalue weighted by atomic mass is 9.77. The zero-order valence-electron chi connectivity index (χ0n) is 13.0. The van der Waals surface area contributed by atoms with Crippen LogP contribution in [0.4, 0.5) is 0 Å². The first kappa shape index (κ1) is 15.0. The van der Waals surface area contributed by atoms with Gasteiger partial charge >= 0.3 is 0 Å². The van der Waals surface area contributed by atoms with E-state index < -0.39 is 0 Å². The fourth-order valence-electron chi connectivity index (χ4n) is 3.59. The van der Waals surface area contributed by atoms with E-state index in [4.69, 9.17) is 10.5 Å². The lowest BCUT2D eigenvalue weighted by Gasteiger charge is -2.34. The normalized spacial score (nSPS) is 23.1. The number of nitrogens with zero attached hydrogens (tertiary/aromatic N) is 1. The molecule has 1 saturated carbocycles. The molecule has 1 aromatic rings. The lowest BCUT2D eigenvalue weighted by molar-refractivity contribution is 0.0384. The van der Waals surface area contributed by atoms with Gasteiger partial charge < -0.3 is 10.5 Å². The van der Waals surface area contributed by atoms with Crippen LogP contribution in [0, 0.1) is 0 Å². The van der Waals surface area contributed by atoms with Gasteiger partial charge in [-0.3, -0.25) is 4.90 Å². The van der Waals surface area contributed by atoms with Crippen molar-refractivity contribution in [1.82, 2.24) is 4.90 Å². The SMILES string of the molecule is NC1(c2ccc(CCN3CCOCC3)cc2)CCCCC1. The Bertz CT molecular complexity index is 431. The van der Waals surface area contributed by atoms with Crippen LogP contribution in [0.5, 0.6) is 0 Å². The highest BCUT2D eigenvalue weighted by molar-refractivity contribution is 5.29. The fourth-order valence-corrected chi connectivity index (χ4v) is 3.59. The van der Waals surface area contributed by atoms with Crippen LogP contribution in [0.15, 0.2) is 24.3 Å². The molecule has 0 unspecified atom stereocenters. The van der Waals surface area contributed by atoms with Gasteiger partial charge in [-0.05, 0) is 30.4 Å². The molecule has 0 amide bonds. The fraction of sp³-hybridized carbons (Fsp3) is 0.667. The van der Waals surface area contributed by atoms with E-state index in [0.717, 1.165) is 52.1 Å². The van der Waals surface area contributed by atoms with Gasteiger partial charge in [-0.1, -0.05) is 43.5 Å². The summed E-state index contributed by atoms with van der Waals surface area (Å²) in [5.41, 5.74) is 9.28. The van der Waals surface area contributed by atoms with Gasteiger partial charge in [0.1, 0.15) is 0 Å². The third-order valence-corrected chi connectivity index (χ3v) is 5.10. The molecule has 0 radical (unpaired) electrons. The molecular formula is C18H28N2O. The van der Waals surface area contributed by atoms with Gasteiger partial charge in [-0.25, -0.2) is 0 Å². The van der Waals surface area contributed by atoms with Gasteiger partial charge in [0.2, 0.25) is 0 Å². The molecule has 116 valence electrons. The van der Waals surface area contributed by atoms with E-state index >= 15 is 0 Å². The molecule has 0 aromatic heterocycles. The summed E-state index contributed by atoms with van der Waals surface area (Å²) in [5, 5.41) is 0. The Morgan fingerprint density at radius 3 is 2.33 bits per heavy atom. The van der Waals surface area contributed by atoms with E-state index in [1.807, 2.05) is 0 Å². The Hall–Kier alpha value is -0.900. The van der Waals surface area contributed by atoms with Gasteiger partial charge in [0.15, 0.2) is 0 Å². The average Bonchev–Trinajstić information content (AvgIpc) is 2.55. The topological polar surface area (TPSA) is 38.5 Å². The van der Waals surface area contributed by atoms with Crippen LogP contribution in [0.1, 0.15) is 43.2 Å². The Labute approximate surface area is 128 Å². The second-order valence-electron chi connectivity index (χ2n) is 6.62. The largest absolute Gasteiger partial charge is 0.379 e. The minimum atomic E-state index is -0.0685. The van der Waals surface area contributed by atoms with Crippen molar-refractivity contribution in [1.29, 1.82) is 0 Å². The first-order valence-electron chi connectivity index (χ1n) is 8.45. The van der Waals surface area contributed by atoms with Crippen LogP contribution in [-0.2, 0) is 16.7 Å². The van der Waals surface area contributed by atoms with Crippen molar-refractivity contribution >= 4 is 0 Å². The number of hydrogen-bond donors (Lipinski definition) is 1. The Morgan fingerprint density at radius 2 is 1.67 bits per heavy atom. The number of morpholine rings is 1. The molecule has 3 heteroatoms. The van der Waals surface area contributed by atoms with Crippen LogP contribution in [-0.4, -0.2) is 37.7 Å². The summed E-state index contributed by atoms with van der Waals surface area (Å²) in [6, 6.07) is 9.08. The molecule has 2 N–H and O–H groups in total. The molecule has 1 saturated heterocycles. The van der Waals surface area contributed by atoms with Crippen molar-refractivity contribution in [2.24, 2.45) is 5.73 Å². The van der Waals surface area contributed by atoms with Gasteiger partial charge in [-0.15, -0.1) is 0 Å². The molecule has 3 rings (SSSR count). The summed E-state index contributed by atoms with van der Waals surface area (Å²) in [5.74, 6) is 0. The molecule has 1 aromatic carbocycles. The first-order valence-corrected chi connectivity index (χ1v) is 8.45. The summed E-state index contributed by atoms with van der Waals surface area (Å²) in [6.07, 6.45) is 7.29. The third-order valence-electron chi connectivity index (χ3n) is 5.10. The van der Waals surface area contributed by atoms with E-state index in [1.54, 1.807) is 0 Å². The summed E-state index contributed by atoms with van der Waals surface area (Å²) in [7, 11) is 0. The number of rotatable bonds is 4. The minimum Gasteiger partial charge on any atom is -0.379 e. The molecule has 0 atom stereocenters. The standard InChI is InChI=1S/C18H28N2O/c19-18(9-2-1-3-10-18)17-6-4-16(5-7-17)8-11-20-12-14-21-15-13-20/h4-7H,1-3,8-15,19H2. The monoisotopic (exact) mass is 288 g/mol. The molecular weight excluding hydrogens is 260 g/mol. The molecule has 2 fully saturated rings. The number of nitrogens with two attached hydrogens (primary N) is 1. The smallest absolute Gasteiger partial charge is 0.0594 e. The van der Waals surface area contributed by atoms with Crippen LogP contribution < -0.4 is 5.73 Å². The molecule has 21 heavy (non-hydrogen) atoms. The van der Waals surface area contributed by atoms with Crippen LogP contribution in [0.25, 0.3) is 0 Å². The van der Waals surface area contributed by atoms with E-state index in [-0.39, 0.29) is 5.54 Å². The molecule has 3 nitrogen and oxygen atoms in total. The summed E-state index contributed by atoms with van der Waals surface area (Å²) in [6.45, 7) is 5.05. The van der Waals surface area contributed by atoms with Gasteiger partial charge in [-0.2, -0.15) is 0 Å². The minimum absolute atomic E-state index is 0.0685. The molecule has 1 heterocycles. The molecule has 0 spiro atoms. The molecule has 1 aliphatic carbocycles. The molecule has 1 aliphatic heterocycles. The predicted octanol–water partition coefficient (Wildman–Crippen LogP) is 2.68. The maximum atomic E-state index is 6.60. The van der Waals surface area contributed by atoms with Gasteiger partial charge in [0.05, 0.1) is 13.2 Å². The second kappa shape index (κ2) is 6.91. The average molecular weight is 288 g/mol. The van der Waals surface area contributed by atoms with Crippen molar-refractivity contribution in [3.05, 3.63) is 35.4 Å². The Morgan fingerprint density at radius 1 is 1.00 bits per heavy atom. The summed E-state index contributed by atoms with van der Waals surface area (Å²) < 4.78 is 5.39. The van der Waals surface area contributed by atoms with E-state index in [2.05, 4.69) is 29.2 Å². The van der Waals surface area contributed by atoms with Crippen molar-refractivity contribution in [2.45, 2.75) is 44.1 Å². The van der Waals surface area contributed by atoms with Crippen molar-refractivity contribution in [2.75, 3.05) is 32.8 Å². The van der Waals surface area contributed by atoms with E-state index in [0.29, 0.717) is 0 Å². The quantitative estimate of drug-likeness (QED) is 0.926. The Balaban J connectivity index is 1.56. The number of hydrogen-bond acceptors (Lipinski definition) is 3. The van der Waals surface area contributed by atoms with E-state index in [9.17, 15) is 0 Å². The highest BCUT2D eigenvalue weighted by atomic mass is 16.5. The maximum Gasteiger partial charge on any atom is 0.0594 e. The van der Waals surface area contributed by atoms with Crippen molar-refractivity contribution in [3.63, 3.8) is 0 Å². The van der Waals surface area contributed by atoms with Crippen LogP contribution in [0.2, 0.25) is 0 Å². The third kappa shape index (κ3) is 3.85. The summed E-state index contributed by atoms with van der Waals surface area (Å²) in [4.78, 5) is 2.49. The predicted molar refractivity (Wildman–Crippen MR) is 86.4 cm³/mol. The highest BCUT2D eigenvalue weighted by Crippen LogP contribution is 2.34. The van der Waals surface area contributed by atoms with Crippen molar-refractivity contribution < 1.29 is 4.74 Å². The zero-order valence-corrected chi connectivity index (χ0v) is 13.0. The maximum absolute atomic E-state index is 6.60. The molecule has 0 bridgehead atoms. The van der Waals surface area contributed by atoms with Gasteiger partial charge in [0, 0.05) is 25.2 Å².